The van der Waals surface area contributed by atoms with E-state index in [0.29, 0.717) is 0 Å². The van der Waals surface area contributed by atoms with Gasteiger partial charge in [0.1, 0.15) is 0 Å². The van der Waals surface area contributed by atoms with Crippen molar-refractivity contribution in [3.05, 3.63) is 121 Å². The van der Waals surface area contributed by atoms with Crippen LogP contribution < -0.4 is 10.9 Å². The predicted octanol–water partition coefficient (Wildman–Crippen LogP) is 5.65. The van der Waals surface area contributed by atoms with Gasteiger partial charge in [-0.15, -0.1) is 0 Å². The Morgan fingerprint density at radius 2 is 1.03 bits per heavy atom. The molecule has 0 saturated carbocycles. The fourth-order valence-corrected chi connectivity index (χ4v) is 5.17. The molecule has 1 aromatic heterocycles. The van der Waals surface area contributed by atoms with Crippen LogP contribution in [-0.2, 0) is 0 Å². The molecule has 0 N–H and O–H groups in total. The monoisotopic (exact) mass is 422 g/mol. The molecule has 6 aromatic rings. The summed E-state index contributed by atoms with van der Waals surface area (Å²) in [4.78, 5) is 4.50. The first-order chi connectivity index (χ1) is 16.4. The SMILES string of the molecule is CN=Cc1c2c3ccccc3c3ccccc3c2cn1B(c1ccccc1)c1ccccc1. The maximum atomic E-state index is 4.50. The molecule has 0 spiro atoms. The Kier molecular flexibility index (Phi) is 4.81. The van der Waals surface area contributed by atoms with Crippen molar-refractivity contribution in [2.75, 3.05) is 7.05 Å². The van der Waals surface area contributed by atoms with Gasteiger partial charge in [0, 0.05) is 30.2 Å². The summed E-state index contributed by atoms with van der Waals surface area (Å²) in [5.41, 5.74) is 3.64. The molecule has 33 heavy (non-hydrogen) atoms. The first-order valence-corrected chi connectivity index (χ1v) is 11.3. The maximum Gasteiger partial charge on any atom is 0.327 e. The Labute approximate surface area is 193 Å². The van der Waals surface area contributed by atoms with Gasteiger partial charge in [0.25, 0.3) is 0 Å². The van der Waals surface area contributed by atoms with E-state index in [-0.39, 0.29) is 6.85 Å². The van der Waals surface area contributed by atoms with E-state index < -0.39 is 0 Å². The minimum absolute atomic E-state index is 0.0466. The van der Waals surface area contributed by atoms with Crippen molar-refractivity contribution in [2.45, 2.75) is 0 Å². The van der Waals surface area contributed by atoms with Crippen LogP contribution in [-0.4, -0.2) is 24.6 Å². The first-order valence-electron chi connectivity index (χ1n) is 11.3. The standard InChI is InChI=1S/C30H23BN2/c1-32-20-29-30-27-19-11-10-17-25(27)24-16-8-9-18-26(24)28(30)21-33(29)31(22-12-4-2-5-13-22)23-14-6-3-7-15-23/h2-21H,1H3. The third-order valence-electron chi connectivity index (χ3n) is 6.54. The van der Waals surface area contributed by atoms with Crippen LogP contribution in [0.4, 0.5) is 0 Å². The van der Waals surface area contributed by atoms with Crippen LogP contribution in [0, 0.1) is 0 Å². The highest BCUT2D eigenvalue weighted by molar-refractivity contribution is 6.84. The topological polar surface area (TPSA) is 17.3 Å². The Morgan fingerprint density at radius 3 is 1.58 bits per heavy atom. The van der Waals surface area contributed by atoms with Crippen molar-refractivity contribution in [3.8, 4) is 0 Å². The highest BCUT2D eigenvalue weighted by Crippen LogP contribution is 2.37. The lowest BCUT2D eigenvalue weighted by atomic mass is 9.50. The van der Waals surface area contributed by atoms with Gasteiger partial charge in [-0.05, 0) is 21.5 Å². The molecule has 1 heterocycles. The summed E-state index contributed by atoms with van der Waals surface area (Å²) >= 11 is 0. The van der Waals surface area contributed by atoms with Crippen molar-refractivity contribution < 1.29 is 0 Å². The van der Waals surface area contributed by atoms with Gasteiger partial charge in [0.05, 0.1) is 5.69 Å². The van der Waals surface area contributed by atoms with Gasteiger partial charge in [-0.2, -0.15) is 0 Å². The molecule has 0 atom stereocenters. The summed E-state index contributed by atoms with van der Waals surface area (Å²) in [5, 5.41) is 7.62. The molecule has 3 heteroatoms. The molecule has 0 aliphatic heterocycles. The van der Waals surface area contributed by atoms with Crippen LogP contribution in [0.2, 0.25) is 0 Å². The van der Waals surface area contributed by atoms with E-state index in [1.54, 1.807) is 0 Å². The summed E-state index contributed by atoms with van der Waals surface area (Å²) in [6.45, 7) is 0.0466. The number of nitrogens with zero attached hydrogens (tertiary/aromatic N) is 2. The van der Waals surface area contributed by atoms with Crippen molar-refractivity contribution in [1.29, 1.82) is 0 Å². The fourth-order valence-electron chi connectivity index (χ4n) is 5.17. The van der Waals surface area contributed by atoms with Gasteiger partial charge in [0.15, 0.2) is 0 Å². The minimum atomic E-state index is 0.0466. The zero-order chi connectivity index (χ0) is 22.2. The summed E-state index contributed by atoms with van der Waals surface area (Å²) in [5.74, 6) is 0. The van der Waals surface area contributed by atoms with Gasteiger partial charge >= 0.3 is 6.85 Å². The molecular weight excluding hydrogens is 399 g/mol. The van der Waals surface area contributed by atoms with Crippen LogP contribution in [0.15, 0.2) is 120 Å². The predicted molar refractivity (Wildman–Crippen MR) is 144 cm³/mol. The lowest BCUT2D eigenvalue weighted by molar-refractivity contribution is 1.21. The van der Waals surface area contributed by atoms with E-state index in [4.69, 9.17) is 0 Å². The lowest BCUT2D eigenvalue weighted by Crippen LogP contribution is -2.49. The number of hydrogen-bond donors (Lipinski definition) is 0. The molecule has 0 fully saturated rings. The Balaban J connectivity index is 1.79. The number of fused-ring (bicyclic) bond motifs is 6. The largest absolute Gasteiger partial charge is 0.381 e. The highest BCUT2D eigenvalue weighted by Gasteiger charge is 2.26. The lowest BCUT2D eigenvalue weighted by Gasteiger charge is -2.18. The van der Waals surface area contributed by atoms with E-state index >= 15 is 0 Å². The molecule has 0 radical (unpaired) electrons. The number of benzene rings is 5. The average molecular weight is 422 g/mol. The second-order valence-corrected chi connectivity index (χ2v) is 8.41. The summed E-state index contributed by atoms with van der Waals surface area (Å²) in [6, 6.07) is 38.9. The third-order valence-corrected chi connectivity index (χ3v) is 6.54. The summed E-state index contributed by atoms with van der Waals surface area (Å²) < 4.78 is 2.40. The maximum absolute atomic E-state index is 4.50. The summed E-state index contributed by atoms with van der Waals surface area (Å²) in [7, 11) is 1.85. The molecule has 0 aliphatic rings. The van der Waals surface area contributed by atoms with Gasteiger partial charge in [-0.3, -0.25) is 4.99 Å². The summed E-state index contributed by atoms with van der Waals surface area (Å²) in [6.07, 6.45) is 4.34. The van der Waals surface area contributed by atoms with Gasteiger partial charge < -0.3 is 4.48 Å². The van der Waals surface area contributed by atoms with Crippen molar-refractivity contribution >= 4 is 56.3 Å². The van der Waals surface area contributed by atoms with Crippen molar-refractivity contribution in [2.24, 2.45) is 4.99 Å². The van der Waals surface area contributed by atoms with Crippen LogP contribution in [0.3, 0.4) is 0 Å². The molecule has 0 aliphatic carbocycles. The van der Waals surface area contributed by atoms with Crippen LogP contribution in [0.25, 0.3) is 32.3 Å². The molecule has 5 aromatic carbocycles. The number of hydrogen-bond acceptors (Lipinski definition) is 1. The molecule has 156 valence electrons. The van der Waals surface area contributed by atoms with E-state index in [1.807, 2.05) is 13.3 Å². The van der Waals surface area contributed by atoms with Crippen molar-refractivity contribution in [3.63, 3.8) is 0 Å². The zero-order valence-corrected chi connectivity index (χ0v) is 18.5. The van der Waals surface area contributed by atoms with Crippen LogP contribution in [0.5, 0.6) is 0 Å². The van der Waals surface area contributed by atoms with Crippen LogP contribution >= 0.6 is 0 Å². The number of aromatic nitrogens is 1. The van der Waals surface area contributed by atoms with Gasteiger partial charge in [0.2, 0.25) is 0 Å². The minimum Gasteiger partial charge on any atom is -0.381 e. The van der Waals surface area contributed by atoms with Gasteiger partial charge in [-0.25, -0.2) is 0 Å². The normalized spacial score (nSPS) is 11.7. The van der Waals surface area contributed by atoms with Gasteiger partial charge in [-0.1, -0.05) is 120 Å². The molecule has 0 saturated heterocycles. The molecule has 0 bridgehead atoms. The number of aliphatic imine (C=N–C) groups is 1. The van der Waals surface area contributed by atoms with Crippen LogP contribution in [0.1, 0.15) is 5.69 Å². The quantitative estimate of drug-likeness (QED) is 0.199. The third kappa shape index (κ3) is 3.16. The highest BCUT2D eigenvalue weighted by atomic mass is 14.9. The van der Waals surface area contributed by atoms with E-state index in [2.05, 4.69) is 125 Å². The molecule has 6 rings (SSSR count). The molecular formula is C30H23BN2. The molecule has 2 nitrogen and oxygen atoms in total. The second-order valence-electron chi connectivity index (χ2n) is 8.41. The molecule has 0 amide bonds. The first kappa shape index (κ1) is 19.6. The Morgan fingerprint density at radius 1 is 0.576 bits per heavy atom. The average Bonchev–Trinajstić information content (AvgIpc) is 3.25. The Hall–Kier alpha value is -4.11. The number of rotatable bonds is 4. The van der Waals surface area contributed by atoms with E-state index in [0.717, 1.165) is 5.69 Å². The smallest absolute Gasteiger partial charge is 0.327 e. The van der Waals surface area contributed by atoms with Crippen molar-refractivity contribution in [1.82, 2.24) is 4.48 Å². The van der Waals surface area contributed by atoms with E-state index in [1.165, 1.54) is 43.2 Å². The van der Waals surface area contributed by atoms with E-state index in [9.17, 15) is 0 Å². The second kappa shape index (κ2) is 8.11. The Bertz CT molecular complexity index is 1580. The molecule has 0 unspecified atom stereocenters. The zero-order valence-electron chi connectivity index (χ0n) is 18.5. The fraction of sp³-hybridized carbons (Fsp3) is 0.0333.